The van der Waals surface area contributed by atoms with Crippen molar-refractivity contribution in [3.63, 3.8) is 0 Å². The predicted octanol–water partition coefficient (Wildman–Crippen LogP) is 1.66. The van der Waals surface area contributed by atoms with Crippen LogP contribution >= 0.6 is 0 Å². The minimum Gasteiger partial charge on any atom is -0.491 e. The lowest BCUT2D eigenvalue weighted by Gasteiger charge is -2.41. The summed E-state index contributed by atoms with van der Waals surface area (Å²) in [5.41, 5.74) is 1.70. The second-order valence-electron chi connectivity index (χ2n) is 8.82. The Morgan fingerprint density at radius 1 is 1.27 bits per heavy atom. The average molecular weight is 456 g/mol. The molecule has 0 bridgehead atoms. The molecule has 2 aromatic rings. The molecule has 2 N–H and O–H groups in total. The topological polar surface area (TPSA) is 97.7 Å². The lowest BCUT2D eigenvalue weighted by molar-refractivity contribution is -0.163. The molecule has 2 aliphatic heterocycles. The highest BCUT2D eigenvalue weighted by atomic mass is 16.5. The van der Waals surface area contributed by atoms with Crippen LogP contribution in [-0.4, -0.2) is 71.5 Å². The molecule has 178 valence electrons. The smallest absolute Gasteiger partial charge is 0.253 e. The summed E-state index contributed by atoms with van der Waals surface area (Å²) in [6, 6.07) is 8.06. The van der Waals surface area contributed by atoms with Crippen molar-refractivity contribution < 1.29 is 19.1 Å². The number of carbonyl (C=O) groups excluding carboxylic acids is 2. The number of nitrogens with zero attached hydrogens (tertiary/aromatic N) is 3. The summed E-state index contributed by atoms with van der Waals surface area (Å²) in [6.07, 6.45) is 5.07. The molecule has 1 unspecified atom stereocenters. The number of anilines is 1. The van der Waals surface area contributed by atoms with Crippen molar-refractivity contribution in [2.45, 2.75) is 38.2 Å². The molecular formula is C24H33N5O4. The maximum absolute atomic E-state index is 13.2. The van der Waals surface area contributed by atoms with Crippen molar-refractivity contribution in [3.8, 4) is 5.75 Å². The highest BCUT2D eigenvalue weighted by Gasteiger charge is 2.43. The van der Waals surface area contributed by atoms with Crippen LogP contribution in [0.1, 0.15) is 30.5 Å². The molecule has 2 aliphatic rings. The second-order valence-corrected chi connectivity index (χ2v) is 8.82. The summed E-state index contributed by atoms with van der Waals surface area (Å²) in [5.74, 6) is 0.631. The third kappa shape index (κ3) is 5.72. The van der Waals surface area contributed by atoms with E-state index < -0.39 is 5.60 Å². The summed E-state index contributed by atoms with van der Waals surface area (Å²) in [5, 5.41) is 10.2. The van der Waals surface area contributed by atoms with Gasteiger partial charge in [-0.2, -0.15) is 5.10 Å². The zero-order valence-electron chi connectivity index (χ0n) is 19.4. The van der Waals surface area contributed by atoms with E-state index in [9.17, 15) is 9.59 Å². The second kappa shape index (κ2) is 10.4. The standard InChI is InChI=1S/C24H33N5O4/c1-18-20(15-28(2)27-18)26-22(30)16-29-12-14-33-24(17-29)10-6-5-8-19-7-3-4-9-21(19)32-13-11-25-23(24)31/h3-4,7,9,15H,5-6,8,10-14,16-17H2,1-2H3,(H,25,31)(H,26,30). The number of aryl methyl sites for hydroxylation is 3. The summed E-state index contributed by atoms with van der Waals surface area (Å²) < 4.78 is 13.7. The maximum atomic E-state index is 13.2. The van der Waals surface area contributed by atoms with E-state index in [-0.39, 0.29) is 18.4 Å². The molecule has 2 amide bonds. The van der Waals surface area contributed by atoms with Crippen LogP contribution in [0.2, 0.25) is 0 Å². The zero-order chi connectivity index (χ0) is 23.3. The van der Waals surface area contributed by atoms with Gasteiger partial charge in [0.15, 0.2) is 5.60 Å². The van der Waals surface area contributed by atoms with E-state index in [0.29, 0.717) is 45.0 Å². The first-order chi connectivity index (χ1) is 15.9. The SMILES string of the molecule is Cc1nn(C)cc1NC(=O)CN1CCOC2(CCCCc3ccccc3OCCNC2=O)C1. The van der Waals surface area contributed by atoms with Gasteiger partial charge in [0.25, 0.3) is 5.91 Å². The predicted molar refractivity (Wildman–Crippen MR) is 124 cm³/mol. The number of carbonyl (C=O) groups is 2. The number of para-hydroxylation sites is 1. The van der Waals surface area contributed by atoms with Gasteiger partial charge in [0.1, 0.15) is 12.4 Å². The summed E-state index contributed by atoms with van der Waals surface area (Å²) in [4.78, 5) is 27.9. The van der Waals surface area contributed by atoms with Gasteiger partial charge in [-0.3, -0.25) is 19.2 Å². The molecule has 9 heteroatoms. The fourth-order valence-electron chi connectivity index (χ4n) is 4.57. The Bertz CT molecular complexity index is 991. The third-order valence-corrected chi connectivity index (χ3v) is 6.23. The summed E-state index contributed by atoms with van der Waals surface area (Å²) >= 11 is 0. The van der Waals surface area contributed by atoms with Crippen LogP contribution in [0.5, 0.6) is 5.75 Å². The van der Waals surface area contributed by atoms with Crippen molar-refractivity contribution in [2.75, 3.05) is 44.7 Å². The van der Waals surface area contributed by atoms with Crippen LogP contribution in [-0.2, 0) is 27.8 Å². The van der Waals surface area contributed by atoms with Gasteiger partial charge >= 0.3 is 0 Å². The molecule has 0 aliphatic carbocycles. The first-order valence-corrected chi connectivity index (χ1v) is 11.6. The van der Waals surface area contributed by atoms with Gasteiger partial charge in [0.05, 0.1) is 31.1 Å². The van der Waals surface area contributed by atoms with E-state index in [1.807, 2.05) is 37.1 Å². The van der Waals surface area contributed by atoms with Crippen LogP contribution < -0.4 is 15.4 Å². The van der Waals surface area contributed by atoms with Gasteiger partial charge < -0.3 is 20.1 Å². The number of benzene rings is 1. The zero-order valence-corrected chi connectivity index (χ0v) is 19.4. The van der Waals surface area contributed by atoms with Gasteiger partial charge in [-0.1, -0.05) is 18.2 Å². The molecule has 0 saturated carbocycles. The number of rotatable bonds is 3. The van der Waals surface area contributed by atoms with Gasteiger partial charge in [-0.15, -0.1) is 0 Å². The van der Waals surface area contributed by atoms with Crippen molar-refractivity contribution in [1.82, 2.24) is 20.0 Å². The Hall–Kier alpha value is -2.91. The number of aromatic nitrogens is 2. The lowest BCUT2D eigenvalue weighted by atomic mass is 9.91. The van der Waals surface area contributed by atoms with Crippen molar-refractivity contribution in [3.05, 3.63) is 41.7 Å². The van der Waals surface area contributed by atoms with E-state index in [0.717, 1.165) is 30.7 Å². The molecule has 1 saturated heterocycles. The quantitative estimate of drug-likeness (QED) is 0.731. The average Bonchev–Trinajstić information content (AvgIpc) is 3.10. The van der Waals surface area contributed by atoms with E-state index in [4.69, 9.17) is 9.47 Å². The number of nitrogens with one attached hydrogen (secondary N) is 2. The van der Waals surface area contributed by atoms with E-state index in [2.05, 4.69) is 21.8 Å². The van der Waals surface area contributed by atoms with Gasteiger partial charge in [-0.05, 0) is 44.2 Å². The number of hydrogen-bond acceptors (Lipinski definition) is 6. The molecule has 33 heavy (non-hydrogen) atoms. The number of amides is 2. The fourth-order valence-corrected chi connectivity index (χ4v) is 4.57. The Morgan fingerprint density at radius 3 is 2.94 bits per heavy atom. The monoisotopic (exact) mass is 455 g/mol. The number of morpholine rings is 1. The molecule has 1 atom stereocenters. The molecule has 1 aromatic heterocycles. The Kier molecular flexibility index (Phi) is 7.29. The van der Waals surface area contributed by atoms with Crippen LogP contribution in [0, 0.1) is 6.92 Å². The van der Waals surface area contributed by atoms with Crippen LogP contribution in [0.3, 0.4) is 0 Å². The summed E-state index contributed by atoms with van der Waals surface area (Å²) in [7, 11) is 1.82. The van der Waals surface area contributed by atoms with E-state index in [1.54, 1.807) is 10.9 Å². The van der Waals surface area contributed by atoms with Crippen LogP contribution in [0.25, 0.3) is 0 Å². The summed E-state index contributed by atoms with van der Waals surface area (Å²) in [6.45, 7) is 4.25. The van der Waals surface area contributed by atoms with Gasteiger partial charge in [-0.25, -0.2) is 0 Å². The Morgan fingerprint density at radius 2 is 2.12 bits per heavy atom. The molecule has 3 heterocycles. The first kappa shape index (κ1) is 23.3. The van der Waals surface area contributed by atoms with Crippen LogP contribution in [0.4, 0.5) is 5.69 Å². The minimum atomic E-state index is -0.957. The van der Waals surface area contributed by atoms with Crippen molar-refractivity contribution in [2.24, 2.45) is 7.05 Å². The van der Waals surface area contributed by atoms with Gasteiger partial charge in [0.2, 0.25) is 5.91 Å². The molecule has 0 radical (unpaired) electrons. The normalized spacial score (nSPS) is 22.4. The maximum Gasteiger partial charge on any atom is 0.253 e. The molecular weight excluding hydrogens is 422 g/mol. The molecule has 9 nitrogen and oxygen atoms in total. The molecule has 4 rings (SSSR count). The van der Waals surface area contributed by atoms with Crippen molar-refractivity contribution >= 4 is 17.5 Å². The van der Waals surface area contributed by atoms with Gasteiger partial charge in [0, 0.05) is 26.3 Å². The van der Waals surface area contributed by atoms with E-state index in [1.165, 1.54) is 5.56 Å². The van der Waals surface area contributed by atoms with E-state index >= 15 is 0 Å². The number of hydrogen-bond donors (Lipinski definition) is 2. The fraction of sp³-hybridized carbons (Fsp3) is 0.542. The number of fused-ring (bicyclic) bond motifs is 1. The Labute approximate surface area is 194 Å². The lowest BCUT2D eigenvalue weighted by Crippen LogP contribution is -2.61. The third-order valence-electron chi connectivity index (χ3n) is 6.23. The molecule has 1 aromatic carbocycles. The minimum absolute atomic E-state index is 0.123. The molecule has 1 spiro atoms. The Balaban J connectivity index is 1.40. The molecule has 1 fully saturated rings. The van der Waals surface area contributed by atoms with Crippen LogP contribution in [0.15, 0.2) is 30.5 Å². The number of ether oxygens (including phenoxy) is 2. The highest BCUT2D eigenvalue weighted by molar-refractivity contribution is 5.92. The largest absolute Gasteiger partial charge is 0.491 e. The highest BCUT2D eigenvalue weighted by Crippen LogP contribution is 2.27. The van der Waals surface area contributed by atoms with Crippen molar-refractivity contribution in [1.29, 1.82) is 0 Å². The first-order valence-electron chi connectivity index (χ1n) is 11.6.